The molecule has 1 unspecified atom stereocenters. The highest BCUT2D eigenvalue weighted by atomic mass is 32.1. The molecule has 1 rings (SSSR count). The van der Waals surface area contributed by atoms with E-state index in [2.05, 4.69) is 17.9 Å². The van der Waals surface area contributed by atoms with Crippen molar-refractivity contribution in [2.45, 2.75) is 24.5 Å². The van der Waals surface area contributed by atoms with Crippen LogP contribution in [0.3, 0.4) is 0 Å². The molecule has 3 nitrogen and oxygen atoms in total. The van der Waals surface area contributed by atoms with Crippen LogP contribution in [-0.4, -0.2) is 30.4 Å². The van der Waals surface area contributed by atoms with Crippen LogP contribution in [0, 0.1) is 0 Å². The molecule has 0 aromatic rings. The molecule has 0 radical (unpaired) electrons. The number of hydrogen-bond donors (Lipinski definition) is 2. The zero-order valence-electron chi connectivity index (χ0n) is 7.30. The summed E-state index contributed by atoms with van der Waals surface area (Å²) in [5.41, 5.74) is 0. The molecule has 0 saturated carbocycles. The largest absolute Gasteiger partial charge is 0.465 e. The summed E-state index contributed by atoms with van der Waals surface area (Å²) in [5, 5.41) is 3.14. The number of carbonyl (C=O) groups is 1. The minimum Gasteiger partial charge on any atom is -0.465 e. The van der Waals surface area contributed by atoms with E-state index in [9.17, 15) is 4.79 Å². The van der Waals surface area contributed by atoms with Crippen molar-refractivity contribution in [1.82, 2.24) is 5.32 Å². The van der Waals surface area contributed by atoms with Crippen LogP contribution >= 0.6 is 12.6 Å². The lowest BCUT2D eigenvalue weighted by Gasteiger charge is -2.30. The van der Waals surface area contributed by atoms with Crippen LogP contribution in [0.5, 0.6) is 0 Å². The van der Waals surface area contributed by atoms with Gasteiger partial charge in [0.25, 0.3) is 0 Å². The molecule has 1 saturated heterocycles. The molecule has 1 aliphatic rings. The van der Waals surface area contributed by atoms with Crippen molar-refractivity contribution in [1.29, 1.82) is 0 Å². The van der Waals surface area contributed by atoms with E-state index in [4.69, 9.17) is 4.74 Å². The topological polar surface area (TPSA) is 38.3 Å². The van der Waals surface area contributed by atoms with E-state index in [1.54, 1.807) is 0 Å². The average molecular weight is 189 g/mol. The fourth-order valence-corrected chi connectivity index (χ4v) is 1.66. The second-order valence-corrected chi connectivity index (χ2v) is 3.89. The number of piperidine rings is 1. The van der Waals surface area contributed by atoms with E-state index in [0.717, 1.165) is 19.4 Å². The number of carbonyl (C=O) groups excluding carboxylic acids is 1. The predicted octanol–water partition coefficient (Wildman–Crippen LogP) is 0.601. The number of hydrogen-bond acceptors (Lipinski definition) is 4. The Kier molecular flexibility index (Phi) is 3.40. The highest BCUT2D eigenvalue weighted by Crippen LogP contribution is 2.24. The van der Waals surface area contributed by atoms with Crippen molar-refractivity contribution in [2.75, 3.05) is 19.7 Å². The van der Waals surface area contributed by atoms with Gasteiger partial charge >= 0.3 is 5.97 Å². The minimum atomic E-state index is -0.589. The quantitative estimate of drug-likeness (QED) is 0.493. The maximum absolute atomic E-state index is 11.4. The Morgan fingerprint density at radius 1 is 1.75 bits per heavy atom. The Balaban J connectivity index is 2.50. The fraction of sp³-hybridized carbons (Fsp3) is 0.875. The van der Waals surface area contributed by atoms with Gasteiger partial charge in [-0.05, 0) is 26.3 Å². The second-order valence-electron chi connectivity index (χ2n) is 3.03. The summed E-state index contributed by atoms with van der Waals surface area (Å²) in [4.78, 5) is 11.4. The zero-order chi connectivity index (χ0) is 9.03. The average Bonchev–Trinajstić information content (AvgIpc) is 2.06. The first-order valence-corrected chi connectivity index (χ1v) is 4.74. The first-order valence-electron chi connectivity index (χ1n) is 4.29. The normalized spacial score (nSPS) is 29.8. The van der Waals surface area contributed by atoms with Crippen LogP contribution in [0.15, 0.2) is 0 Å². The van der Waals surface area contributed by atoms with E-state index in [1.165, 1.54) is 0 Å². The van der Waals surface area contributed by atoms with E-state index in [0.29, 0.717) is 13.2 Å². The summed E-state index contributed by atoms with van der Waals surface area (Å²) in [6, 6.07) is 0. The summed E-state index contributed by atoms with van der Waals surface area (Å²) >= 11 is 4.34. The molecule has 1 N–H and O–H groups in total. The summed E-state index contributed by atoms with van der Waals surface area (Å²) in [6.07, 6.45) is 1.80. The van der Waals surface area contributed by atoms with Crippen LogP contribution in [-0.2, 0) is 9.53 Å². The van der Waals surface area contributed by atoms with Crippen LogP contribution in [0.2, 0.25) is 0 Å². The summed E-state index contributed by atoms with van der Waals surface area (Å²) < 4.78 is 4.34. The van der Waals surface area contributed by atoms with E-state index in [-0.39, 0.29) is 5.97 Å². The lowest BCUT2D eigenvalue weighted by atomic mass is 9.99. The van der Waals surface area contributed by atoms with Gasteiger partial charge in [0, 0.05) is 6.54 Å². The van der Waals surface area contributed by atoms with Gasteiger partial charge in [-0.25, -0.2) is 0 Å². The van der Waals surface area contributed by atoms with Crippen molar-refractivity contribution in [2.24, 2.45) is 0 Å². The third-order valence-electron chi connectivity index (χ3n) is 2.02. The minimum absolute atomic E-state index is 0.194. The van der Waals surface area contributed by atoms with Gasteiger partial charge in [0.1, 0.15) is 4.75 Å². The van der Waals surface area contributed by atoms with E-state index >= 15 is 0 Å². The molecule has 70 valence electrons. The number of esters is 1. The molecule has 1 fully saturated rings. The van der Waals surface area contributed by atoms with Gasteiger partial charge in [-0.1, -0.05) is 0 Å². The third kappa shape index (κ3) is 2.14. The molecule has 0 amide bonds. The van der Waals surface area contributed by atoms with Crippen LogP contribution in [0.1, 0.15) is 19.8 Å². The first-order chi connectivity index (χ1) is 5.69. The molecule has 1 aliphatic heterocycles. The van der Waals surface area contributed by atoms with Crippen molar-refractivity contribution in [3.8, 4) is 0 Å². The number of ether oxygens (including phenoxy) is 1. The maximum Gasteiger partial charge on any atom is 0.323 e. The Bertz CT molecular complexity index is 166. The summed E-state index contributed by atoms with van der Waals surface area (Å²) in [7, 11) is 0. The molecular weight excluding hydrogens is 174 g/mol. The van der Waals surface area contributed by atoms with Gasteiger partial charge in [0.05, 0.1) is 6.61 Å². The monoisotopic (exact) mass is 189 g/mol. The molecule has 1 atom stereocenters. The van der Waals surface area contributed by atoms with Gasteiger partial charge in [-0.15, -0.1) is 0 Å². The molecule has 0 aromatic carbocycles. The van der Waals surface area contributed by atoms with Gasteiger partial charge in [-0.2, -0.15) is 12.6 Å². The molecule has 12 heavy (non-hydrogen) atoms. The van der Waals surface area contributed by atoms with Crippen molar-refractivity contribution in [3.63, 3.8) is 0 Å². The van der Waals surface area contributed by atoms with Crippen molar-refractivity contribution < 1.29 is 9.53 Å². The van der Waals surface area contributed by atoms with Gasteiger partial charge in [0.2, 0.25) is 0 Å². The molecule has 0 aliphatic carbocycles. The number of nitrogens with one attached hydrogen (secondary N) is 1. The molecule has 0 spiro atoms. The highest BCUT2D eigenvalue weighted by Gasteiger charge is 2.37. The fourth-order valence-electron chi connectivity index (χ4n) is 1.33. The molecule has 4 heteroatoms. The SMILES string of the molecule is CCOC(=O)C1(S)CCCNC1. The number of thiol groups is 1. The van der Waals surface area contributed by atoms with Gasteiger partial charge < -0.3 is 10.1 Å². The smallest absolute Gasteiger partial charge is 0.323 e. The van der Waals surface area contributed by atoms with E-state index in [1.807, 2.05) is 6.92 Å². The highest BCUT2D eigenvalue weighted by molar-refractivity contribution is 7.82. The molecule has 0 aromatic heterocycles. The second kappa shape index (κ2) is 4.14. The maximum atomic E-state index is 11.4. The Hall–Kier alpha value is -0.220. The predicted molar refractivity (Wildman–Crippen MR) is 50.5 cm³/mol. The third-order valence-corrected chi connectivity index (χ3v) is 2.58. The lowest BCUT2D eigenvalue weighted by Crippen LogP contribution is -2.48. The summed E-state index contributed by atoms with van der Waals surface area (Å²) in [6.45, 7) is 3.84. The molecular formula is C8H15NO2S. The zero-order valence-corrected chi connectivity index (χ0v) is 8.19. The Labute approximate surface area is 78.3 Å². The van der Waals surface area contributed by atoms with Crippen molar-refractivity contribution in [3.05, 3.63) is 0 Å². The van der Waals surface area contributed by atoms with Crippen LogP contribution < -0.4 is 5.32 Å². The van der Waals surface area contributed by atoms with Crippen LogP contribution in [0.25, 0.3) is 0 Å². The summed E-state index contributed by atoms with van der Waals surface area (Å²) in [5.74, 6) is -0.194. The Morgan fingerprint density at radius 3 is 3.00 bits per heavy atom. The van der Waals surface area contributed by atoms with Crippen molar-refractivity contribution >= 4 is 18.6 Å². The van der Waals surface area contributed by atoms with E-state index < -0.39 is 4.75 Å². The van der Waals surface area contributed by atoms with Gasteiger partial charge in [0.15, 0.2) is 0 Å². The standard InChI is InChI=1S/C8H15NO2S/c1-2-11-7(10)8(12)4-3-5-9-6-8/h9,12H,2-6H2,1H3. The first kappa shape index (κ1) is 9.86. The molecule has 1 heterocycles. The van der Waals surface area contributed by atoms with Crippen LogP contribution in [0.4, 0.5) is 0 Å². The molecule has 0 bridgehead atoms. The Morgan fingerprint density at radius 2 is 2.50 bits per heavy atom. The lowest BCUT2D eigenvalue weighted by molar-refractivity contribution is -0.146. The van der Waals surface area contributed by atoms with Gasteiger partial charge in [-0.3, -0.25) is 4.79 Å². The number of rotatable bonds is 2.